The van der Waals surface area contributed by atoms with E-state index in [0.29, 0.717) is 29.5 Å². The van der Waals surface area contributed by atoms with Gasteiger partial charge in [0.05, 0.1) is 23.8 Å². The zero-order valence-corrected chi connectivity index (χ0v) is 20.5. The molecule has 0 saturated heterocycles. The summed E-state index contributed by atoms with van der Waals surface area (Å²) in [6, 6.07) is 15.7. The van der Waals surface area contributed by atoms with Crippen LogP contribution >= 0.6 is 11.6 Å². The third-order valence-electron chi connectivity index (χ3n) is 6.95. The van der Waals surface area contributed by atoms with Crippen LogP contribution in [0.15, 0.2) is 54.7 Å². The second-order valence-corrected chi connectivity index (χ2v) is 10.1. The van der Waals surface area contributed by atoms with Crippen molar-refractivity contribution in [3.05, 3.63) is 82.1 Å². The highest BCUT2D eigenvalue weighted by Gasteiger charge is 2.39. The largest absolute Gasteiger partial charge is 0.460 e. The molecule has 1 N–H and O–H groups in total. The van der Waals surface area contributed by atoms with Gasteiger partial charge >= 0.3 is 5.97 Å². The normalized spacial score (nSPS) is 15.1. The first kappa shape index (κ1) is 24.4. The van der Waals surface area contributed by atoms with Gasteiger partial charge in [0.15, 0.2) is 0 Å². The Morgan fingerprint density at radius 3 is 2.68 bits per heavy atom. The molecule has 1 aromatic heterocycles. The summed E-state index contributed by atoms with van der Waals surface area (Å²) in [5, 5.41) is 18.9. The Morgan fingerprint density at radius 2 is 2.00 bits per heavy atom. The van der Waals surface area contributed by atoms with Gasteiger partial charge in [-0.3, -0.25) is 4.79 Å². The first-order chi connectivity index (χ1) is 16.4. The lowest BCUT2D eigenvalue weighted by Crippen LogP contribution is -2.34. The number of ether oxygens (including phenoxy) is 1. The van der Waals surface area contributed by atoms with Gasteiger partial charge in [-0.25, -0.2) is 4.68 Å². The number of aryl methyl sites for hydroxylation is 1. The standard InChI is InChI=1S/C27H32ClN3O3/c1-27(2,26(33)34-18-19-7-4-3-5-8-19)24(20-11-14-25(28)21(15-20)17-32)13-12-22-16-31(30-29-22)23-9-6-10-23/h3-5,7-8,11,14-16,23-24,32H,6,9-10,12-13,17-18H2,1-2H3/t24-/m1/s1. The number of esters is 1. The van der Waals surface area contributed by atoms with E-state index in [1.165, 1.54) is 6.42 Å². The van der Waals surface area contributed by atoms with E-state index < -0.39 is 5.41 Å². The van der Waals surface area contributed by atoms with E-state index in [9.17, 15) is 9.90 Å². The molecular formula is C27H32ClN3O3. The number of carbonyl (C=O) groups excluding carboxylic acids is 1. The van der Waals surface area contributed by atoms with Crippen molar-refractivity contribution in [2.45, 2.75) is 71.1 Å². The topological polar surface area (TPSA) is 77.2 Å². The van der Waals surface area contributed by atoms with Crippen LogP contribution < -0.4 is 0 Å². The second kappa shape index (κ2) is 10.7. The minimum Gasteiger partial charge on any atom is -0.460 e. The van der Waals surface area contributed by atoms with E-state index in [4.69, 9.17) is 16.3 Å². The molecular weight excluding hydrogens is 450 g/mol. The molecule has 2 aromatic carbocycles. The quantitative estimate of drug-likeness (QED) is 0.379. The maximum Gasteiger partial charge on any atom is 0.312 e. The fourth-order valence-electron chi connectivity index (χ4n) is 4.48. The molecule has 1 aliphatic carbocycles. The summed E-state index contributed by atoms with van der Waals surface area (Å²) in [7, 11) is 0. The molecule has 4 rings (SSSR count). The van der Waals surface area contributed by atoms with Crippen LogP contribution in [0.5, 0.6) is 0 Å². The Morgan fingerprint density at radius 1 is 1.24 bits per heavy atom. The lowest BCUT2D eigenvalue weighted by atomic mass is 9.72. The highest BCUT2D eigenvalue weighted by molar-refractivity contribution is 6.31. The summed E-state index contributed by atoms with van der Waals surface area (Å²) in [4.78, 5) is 13.3. The molecule has 0 radical (unpaired) electrons. The van der Waals surface area contributed by atoms with Crippen molar-refractivity contribution in [3.8, 4) is 0 Å². The second-order valence-electron chi connectivity index (χ2n) is 9.66. The number of aromatic nitrogens is 3. The Kier molecular flexibility index (Phi) is 7.69. The van der Waals surface area contributed by atoms with E-state index in [2.05, 4.69) is 10.3 Å². The molecule has 0 bridgehead atoms. The molecule has 1 saturated carbocycles. The molecule has 1 heterocycles. The Labute approximate surface area is 205 Å². The molecule has 0 spiro atoms. The average molecular weight is 482 g/mol. The van der Waals surface area contributed by atoms with Crippen molar-refractivity contribution in [2.75, 3.05) is 0 Å². The van der Waals surface area contributed by atoms with Gasteiger partial charge in [-0.2, -0.15) is 0 Å². The molecule has 34 heavy (non-hydrogen) atoms. The van der Waals surface area contributed by atoms with Gasteiger partial charge in [-0.15, -0.1) is 5.10 Å². The summed E-state index contributed by atoms with van der Waals surface area (Å²) in [6.45, 7) is 3.91. The minimum atomic E-state index is -0.806. The summed E-state index contributed by atoms with van der Waals surface area (Å²) < 4.78 is 7.71. The maximum atomic E-state index is 13.3. The number of halogens is 1. The predicted octanol–water partition coefficient (Wildman–Crippen LogP) is 5.63. The van der Waals surface area contributed by atoms with Crippen LogP contribution in [0.3, 0.4) is 0 Å². The fraction of sp³-hybridized carbons (Fsp3) is 0.444. The van der Waals surface area contributed by atoms with Crippen LogP contribution in [0.1, 0.15) is 73.9 Å². The van der Waals surface area contributed by atoms with Gasteiger partial charge in [-0.1, -0.05) is 59.3 Å². The summed E-state index contributed by atoms with van der Waals surface area (Å²) >= 11 is 6.25. The van der Waals surface area contributed by atoms with E-state index in [0.717, 1.165) is 29.7 Å². The highest BCUT2D eigenvalue weighted by Crippen LogP contribution is 2.41. The molecule has 1 fully saturated rings. The van der Waals surface area contributed by atoms with Gasteiger partial charge in [-0.05, 0) is 74.6 Å². The Balaban J connectivity index is 1.54. The molecule has 1 atom stereocenters. The molecule has 0 amide bonds. The predicted molar refractivity (Wildman–Crippen MR) is 131 cm³/mol. The molecule has 0 aliphatic heterocycles. The van der Waals surface area contributed by atoms with E-state index >= 15 is 0 Å². The van der Waals surface area contributed by atoms with Gasteiger partial charge in [0.1, 0.15) is 6.61 Å². The first-order valence-corrected chi connectivity index (χ1v) is 12.3. The van der Waals surface area contributed by atoms with E-state index in [1.54, 1.807) is 6.07 Å². The average Bonchev–Trinajstić information content (AvgIpc) is 3.26. The maximum absolute atomic E-state index is 13.3. The third-order valence-corrected chi connectivity index (χ3v) is 7.32. The molecule has 7 heteroatoms. The number of nitrogens with zero attached hydrogens (tertiary/aromatic N) is 3. The number of carbonyl (C=O) groups is 1. The molecule has 3 aromatic rings. The molecule has 180 valence electrons. The Bertz CT molecular complexity index is 1110. The lowest BCUT2D eigenvalue weighted by molar-refractivity contribution is -0.156. The van der Waals surface area contributed by atoms with Crippen LogP contribution in [0.4, 0.5) is 0 Å². The monoisotopic (exact) mass is 481 g/mol. The first-order valence-electron chi connectivity index (χ1n) is 11.9. The van der Waals surface area contributed by atoms with Crippen LogP contribution in [0.25, 0.3) is 0 Å². The van der Waals surface area contributed by atoms with Gasteiger partial charge in [0, 0.05) is 11.2 Å². The third kappa shape index (κ3) is 5.50. The zero-order valence-electron chi connectivity index (χ0n) is 19.8. The fourth-order valence-corrected chi connectivity index (χ4v) is 4.66. The number of benzene rings is 2. The number of hydrogen-bond donors (Lipinski definition) is 1. The summed E-state index contributed by atoms with van der Waals surface area (Å²) in [6.07, 6.45) is 6.95. The number of rotatable bonds is 10. The van der Waals surface area contributed by atoms with Gasteiger partial charge < -0.3 is 9.84 Å². The lowest BCUT2D eigenvalue weighted by Gasteiger charge is -2.33. The van der Waals surface area contributed by atoms with Crippen molar-refractivity contribution in [1.82, 2.24) is 15.0 Å². The zero-order chi connectivity index (χ0) is 24.1. The molecule has 6 nitrogen and oxygen atoms in total. The van der Waals surface area contributed by atoms with Crippen LogP contribution in [0, 0.1) is 5.41 Å². The number of aliphatic hydroxyl groups is 1. The highest BCUT2D eigenvalue weighted by atomic mass is 35.5. The van der Waals surface area contributed by atoms with E-state index in [-0.39, 0.29) is 25.1 Å². The summed E-state index contributed by atoms with van der Waals surface area (Å²) in [5.41, 5.74) is 2.65. The summed E-state index contributed by atoms with van der Waals surface area (Å²) in [5.74, 6) is -0.424. The van der Waals surface area contributed by atoms with Crippen LogP contribution in [-0.4, -0.2) is 26.1 Å². The molecule has 1 aliphatic rings. The number of aliphatic hydroxyl groups excluding tert-OH is 1. The van der Waals surface area contributed by atoms with Crippen molar-refractivity contribution in [2.24, 2.45) is 5.41 Å². The van der Waals surface area contributed by atoms with Crippen molar-refractivity contribution < 1.29 is 14.6 Å². The molecule has 0 unspecified atom stereocenters. The Hall–Kier alpha value is -2.70. The van der Waals surface area contributed by atoms with Crippen LogP contribution in [-0.2, 0) is 29.2 Å². The van der Waals surface area contributed by atoms with Crippen LogP contribution in [0.2, 0.25) is 5.02 Å². The van der Waals surface area contributed by atoms with Gasteiger partial charge in [0.25, 0.3) is 0 Å². The SMILES string of the molecule is CC(C)(C(=O)OCc1ccccc1)[C@H](CCc1cn(C2CCC2)nn1)c1ccc(Cl)c(CO)c1. The minimum absolute atomic E-state index is 0.159. The smallest absolute Gasteiger partial charge is 0.312 e. The van der Waals surface area contributed by atoms with Crippen molar-refractivity contribution in [1.29, 1.82) is 0 Å². The number of hydrogen-bond acceptors (Lipinski definition) is 5. The van der Waals surface area contributed by atoms with Crippen molar-refractivity contribution >= 4 is 17.6 Å². The van der Waals surface area contributed by atoms with E-state index in [1.807, 2.05) is 67.2 Å². The van der Waals surface area contributed by atoms with Crippen molar-refractivity contribution in [3.63, 3.8) is 0 Å². The van der Waals surface area contributed by atoms with Gasteiger partial charge in [0.2, 0.25) is 0 Å².